The molecule has 0 amide bonds. The van der Waals surface area contributed by atoms with Gasteiger partial charge >= 0.3 is 0 Å². The highest BCUT2D eigenvalue weighted by molar-refractivity contribution is 6.30. The smallest absolute Gasteiger partial charge is 0.129 e. The van der Waals surface area contributed by atoms with Gasteiger partial charge < -0.3 is 15.0 Å². The molecule has 156 valence electrons. The van der Waals surface area contributed by atoms with E-state index >= 15 is 0 Å². The van der Waals surface area contributed by atoms with E-state index in [1.54, 1.807) is 0 Å². The van der Waals surface area contributed by atoms with E-state index in [0.717, 1.165) is 48.6 Å². The van der Waals surface area contributed by atoms with Crippen LogP contribution in [0.25, 0.3) is 22.4 Å². The summed E-state index contributed by atoms with van der Waals surface area (Å²) in [6, 6.07) is 10.9. The fourth-order valence-electron chi connectivity index (χ4n) is 4.66. The van der Waals surface area contributed by atoms with E-state index < -0.39 is 0 Å². The molecule has 1 fully saturated rings. The number of aryl methyl sites for hydroxylation is 2. The van der Waals surface area contributed by atoms with Crippen LogP contribution < -0.4 is 10.1 Å². The van der Waals surface area contributed by atoms with E-state index in [4.69, 9.17) is 21.3 Å². The first-order valence-electron chi connectivity index (χ1n) is 11.1. The van der Waals surface area contributed by atoms with Crippen LogP contribution in [-0.2, 0) is 19.4 Å². The molecule has 30 heavy (non-hydrogen) atoms. The Morgan fingerprint density at radius 1 is 1.07 bits per heavy atom. The van der Waals surface area contributed by atoms with E-state index in [-0.39, 0.29) is 0 Å². The van der Waals surface area contributed by atoms with Gasteiger partial charge in [-0.3, -0.25) is 0 Å². The summed E-state index contributed by atoms with van der Waals surface area (Å²) in [5, 5.41) is 4.26. The van der Waals surface area contributed by atoms with E-state index in [1.165, 1.54) is 40.8 Å². The molecule has 2 N–H and O–H groups in total. The number of hydrogen-bond acceptors (Lipinski definition) is 3. The van der Waals surface area contributed by atoms with Crippen molar-refractivity contribution in [3.63, 3.8) is 0 Å². The van der Waals surface area contributed by atoms with Crippen LogP contribution in [0.15, 0.2) is 30.3 Å². The summed E-state index contributed by atoms with van der Waals surface area (Å²) in [4.78, 5) is 8.60. The van der Waals surface area contributed by atoms with Crippen molar-refractivity contribution in [3.05, 3.63) is 58.0 Å². The number of fused-ring (bicyclic) bond motifs is 6. The van der Waals surface area contributed by atoms with Crippen molar-refractivity contribution in [2.75, 3.05) is 6.54 Å². The lowest BCUT2D eigenvalue weighted by Crippen LogP contribution is -2.14. The van der Waals surface area contributed by atoms with E-state index in [1.807, 2.05) is 12.1 Å². The minimum absolute atomic E-state index is 0.372. The fourth-order valence-corrected chi connectivity index (χ4v) is 4.82. The number of rotatable bonds is 1. The zero-order valence-electron chi connectivity index (χ0n) is 17.6. The van der Waals surface area contributed by atoms with Gasteiger partial charge in [0.25, 0.3) is 0 Å². The number of ether oxygens (including phenoxy) is 1. The summed E-state index contributed by atoms with van der Waals surface area (Å²) in [6.45, 7) is 5.91. The van der Waals surface area contributed by atoms with Crippen LogP contribution in [-0.4, -0.2) is 16.5 Å². The standard InChI is InChI=1S/C22H20ClN3O.C3H8/c23-14-4-5-15-16-8-12-3-6-18-21(26-22(25-18)19-2-1-7-24-19)17(12)9-13(16)11-27-20(15)10-14;1-3-2/h4-5,8-10,19,24H,1-3,6-7,11H2,(H,25,26);3H2,1-2H3. The molecule has 1 aliphatic carbocycles. The molecule has 3 heterocycles. The molecule has 5 heteroatoms. The molecule has 3 aromatic rings. The average molecular weight is 422 g/mol. The monoisotopic (exact) mass is 421 g/mol. The maximum absolute atomic E-state index is 6.13. The van der Waals surface area contributed by atoms with Gasteiger partial charge in [-0.25, -0.2) is 4.98 Å². The summed E-state index contributed by atoms with van der Waals surface area (Å²) in [7, 11) is 0. The zero-order valence-corrected chi connectivity index (χ0v) is 18.4. The molecule has 3 aliphatic rings. The number of aromatic amines is 1. The van der Waals surface area contributed by atoms with Crippen molar-refractivity contribution in [2.45, 2.75) is 58.6 Å². The molecular weight excluding hydrogens is 394 g/mol. The predicted octanol–water partition coefficient (Wildman–Crippen LogP) is 6.23. The number of hydrogen-bond donors (Lipinski definition) is 2. The maximum Gasteiger partial charge on any atom is 0.129 e. The Hall–Kier alpha value is -2.30. The van der Waals surface area contributed by atoms with Gasteiger partial charge in [-0.2, -0.15) is 0 Å². The summed E-state index contributed by atoms with van der Waals surface area (Å²) in [6.07, 6.45) is 5.70. The van der Waals surface area contributed by atoms with Crippen LogP contribution in [0, 0.1) is 0 Å². The van der Waals surface area contributed by atoms with Crippen LogP contribution >= 0.6 is 11.6 Å². The molecule has 2 aliphatic heterocycles. The number of imidazole rings is 1. The molecule has 6 rings (SSSR count). The lowest BCUT2D eigenvalue weighted by Gasteiger charge is -2.24. The third-order valence-electron chi connectivity index (χ3n) is 6.03. The second-order valence-corrected chi connectivity index (χ2v) is 8.84. The van der Waals surface area contributed by atoms with Crippen molar-refractivity contribution in [1.82, 2.24) is 15.3 Å². The molecule has 2 aromatic carbocycles. The third-order valence-corrected chi connectivity index (χ3v) is 6.27. The molecule has 1 unspecified atom stereocenters. The van der Waals surface area contributed by atoms with Gasteiger partial charge in [0.15, 0.2) is 0 Å². The Balaban J connectivity index is 0.000000609. The van der Waals surface area contributed by atoms with Crippen molar-refractivity contribution in [3.8, 4) is 28.1 Å². The van der Waals surface area contributed by atoms with Gasteiger partial charge in [-0.15, -0.1) is 0 Å². The minimum atomic E-state index is 0.372. The van der Waals surface area contributed by atoms with Gasteiger partial charge in [0.2, 0.25) is 0 Å². The molecule has 1 aromatic heterocycles. The van der Waals surface area contributed by atoms with Crippen LogP contribution in [0.3, 0.4) is 0 Å². The highest BCUT2D eigenvalue weighted by Gasteiger charge is 2.27. The Labute approximate surface area is 183 Å². The lowest BCUT2D eigenvalue weighted by molar-refractivity contribution is 0.302. The zero-order chi connectivity index (χ0) is 20.7. The van der Waals surface area contributed by atoms with Crippen LogP contribution in [0.1, 0.15) is 61.8 Å². The van der Waals surface area contributed by atoms with Gasteiger partial charge in [0.05, 0.1) is 11.7 Å². The van der Waals surface area contributed by atoms with Crippen molar-refractivity contribution < 1.29 is 4.74 Å². The number of aromatic nitrogens is 2. The summed E-state index contributed by atoms with van der Waals surface area (Å²) in [5.74, 6) is 1.97. The van der Waals surface area contributed by atoms with Crippen molar-refractivity contribution in [2.24, 2.45) is 0 Å². The van der Waals surface area contributed by atoms with Gasteiger partial charge in [-0.05, 0) is 79.3 Å². The Morgan fingerprint density at radius 3 is 2.70 bits per heavy atom. The van der Waals surface area contributed by atoms with E-state index in [9.17, 15) is 0 Å². The Kier molecular flexibility index (Phi) is 5.30. The van der Waals surface area contributed by atoms with Gasteiger partial charge in [-0.1, -0.05) is 31.9 Å². The molecule has 0 spiro atoms. The van der Waals surface area contributed by atoms with Crippen molar-refractivity contribution in [1.29, 1.82) is 0 Å². The van der Waals surface area contributed by atoms with Crippen LogP contribution in [0.5, 0.6) is 5.75 Å². The largest absolute Gasteiger partial charge is 0.488 e. The highest BCUT2D eigenvalue weighted by Crippen LogP contribution is 2.43. The molecule has 1 saturated heterocycles. The van der Waals surface area contributed by atoms with Gasteiger partial charge in [0.1, 0.15) is 18.2 Å². The number of benzene rings is 2. The molecule has 1 atom stereocenters. The lowest BCUT2D eigenvalue weighted by atomic mass is 9.86. The fraction of sp³-hybridized carbons (Fsp3) is 0.400. The average Bonchev–Trinajstić information content (AvgIpc) is 3.42. The summed E-state index contributed by atoms with van der Waals surface area (Å²) >= 11 is 6.13. The SMILES string of the molecule is CCC.Clc1ccc2c(c1)OCc1cc3c(cc1-2)CCc1[nH]c(C2CCCN2)nc1-3. The quantitative estimate of drug-likeness (QED) is 0.489. The predicted molar refractivity (Wildman–Crippen MR) is 122 cm³/mol. The molecular formula is C25H28ClN3O. The van der Waals surface area contributed by atoms with Crippen LogP contribution in [0.2, 0.25) is 5.02 Å². The second kappa shape index (κ2) is 8.09. The first-order chi connectivity index (χ1) is 14.7. The number of nitrogens with one attached hydrogen (secondary N) is 2. The van der Waals surface area contributed by atoms with Crippen LogP contribution in [0.4, 0.5) is 0 Å². The molecule has 0 saturated carbocycles. The molecule has 0 bridgehead atoms. The maximum atomic E-state index is 6.13. The molecule has 4 nitrogen and oxygen atoms in total. The van der Waals surface area contributed by atoms with E-state index in [0.29, 0.717) is 17.7 Å². The summed E-state index contributed by atoms with van der Waals surface area (Å²) < 4.78 is 5.97. The second-order valence-electron chi connectivity index (χ2n) is 8.40. The third kappa shape index (κ3) is 3.42. The normalized spacial score (nSPS) is 18.3. The number of halogens is 1. The Morgan fingerprint density at radius 2 is 1.90 bits per heavy atom. The molecule has 0 radical (unpaired) electrons. The first kappa shape index (κ1) is 19.7. The number of nitrogens with zero attached hydrogens (tertiary/aromatic N) is 1. The summed E-state index contributed by atoms with van der Waals surface area (Å²) in [5.41, 5.74) is 8.66. The first-order valence-corrected chi connectivity index (χ1v) is 11.5. The highest BCUT2D eigenvalue weighted by atomic mass is 35.5. The number of H-pyrrole nitrogens is 1. The topological polar surface area (TPSA) is 49.9 Å². The Bertz CT molecular complexity index is 1080. The van der Waals surface area contributed by atoms with Gasteiger partial charge in [0, 0.05) is 21.8 Å². The minimum Gasteiger partial charge on any atom is -0.488 e. The van der Waals surface area contributed by atoms with E-state index in [2.05, 4.69) is 42.3 Å². The van der Waals surface area contributed by atoms with Crippen molar-refractivity contribution >= 4 is 11.6 Å².